The van der Waals surface area contributed by atoms with E-state index in [-0.39, 0.29) is 0 Å². The molecule has 2 rings (SSSR count). The molecule has 0 aliphatic carbocycles. The van der Waals surface area contributed by atoms with Gasteiger partial charge >= 0.3 is 0 Å². The van der Waals surface area contributed by atoms with Crippen molar-refractivity contribution in [1.82, 2.24) is 4.90 Å². The molecule has 0 bridgehead atoms. The van der Waals surface area contributed by atoms with Crippen LogP contribution in [0.3, 0.4) is 0 Å². The van der Waals surface area contributed by atoms with Crippen LogP contribution < -0.4 is 16.8 Å². The minimum absolute atomic E-state index is 0.352. The summed E-state index contributed by atoms with van der Waals surface area (Å²) in [5, 5.41) is 3.39. The van der Waals surface area contributed by atoms with E-state index in [1.165, 1.54) is 0 Å². The Kier molecular flexibility index (Phi) is 3.72. The first-order valence-electron chi connectivity index (χ1n) is 6.20. The normalized spacial score (nSPS) is 20.6. The monoisotopic (exact) mass is 248 g/mol. The molecule has 1 amide bonds. The maximum Gasteiger partial charge on any atom is 0.250 e. The highest BCUT2D eigenvalue weighted by Crippen LogP contribution is 2.21. The highest BCUT2D eigenvalue weighted by Gasteiger charge is 2.18. The first-order valence-corrected chi connectivity index (χ1v) is 6.20. The summed E-state index contributed by atoms with van der Waals surface area (Å²) >= 11 is 0. The van der Waals surface area contributed by atoms with E-state index in [0.717, 1.165) is 31.6 Å². The van der Waals surface area contributed by atoms with Gasteiger partial charge in [0.15, 0.2) is 0 Å². The molecular weight excluding hydrogens is 228 g/mol. The van der Waals surface area contributed by atoms with Crippen molar-refractivity contribution in [3.05, 3.63) is 23.8 Å². The maximum absolute atomic E-state index is 11.4. The third-order valence-electron chi connectivity index (χ3n) is 3.29. The lowest BCUT2D eigenvalue weighted by atomic mass is 10.0. The van der Waals surface area contributed by atoms with Crippen LogP contribution in [0.25, 0.3) is 0 Å². The number of piperidine rings is 1. The van der Waals surface area contributed by atoms with Gasteiger partial charge in [0.1, 0.15) is 0 Å². The summed E-state index contributed by atoms with van der Waals surface area (Å²) in [6, 6.07) is 5.58. The van der Waals surface area contributed by atoms with Gasteiger partial charge in [0.25, 0.3) is 5.91 Å². The number of nitrogens with zero attached hydrogens (tertiary/aromatic N) is 1. The fourth-order valence-electron chi connectivity index (χ4n) is 2.40. The summed E-state index contributed by atoms with van der Waals surface area (Å²) in [7, 11) is 2.10. The smallest absolute Gasteiger partial charge is 0.250 e. The van der Waals surface area contributed by atoms with Gasteiger partial charge in [0.05, 0.1) is 5.56 Å². The van der Waals surface area contributed by atoms with Crippen molar-refractivity contribution in [2.45, 2.75) is 18.9 Å². The number of amides is 1. The summed E-state index contributed by atoms with van der Waals surface area (Å²) in [4.78, 5) is 13.7. The molecule has 1 atom stereocenters. The first-order chi connectivity index (χ1) is 8.56. The molecule has 1 saturated heterocycles. The summed E-state index contributed by atoms with van der Waals surface area (Å²) in [5.74, 6) is -0.450. The molecular formula is C13H20N4O. The van der Waals surface area contributed by atoms with Crippen LogP contribution in [-0.4, -0.2) is 37.0 Å². The minimum atomic E-state index is -0.450. The molecule has 5 nitrogen and oxygen atoms in total. The Morgan fingerprint density at radius 1 is 1.50 bits per heavy atom. The Labute approximate surface area is 107 Å². The van der Waals surface area contributed by atoms with Crippen LogP contribution in [0.4, 0.5) is 11.4 Å². The van der Waals surface area contributed by atoms with Crippen LogP contribution >= 0.6 is 0 Å². The molecule has 1 aromatic rings. The number of nitrogen functional groups attached to an aromatic ring is 1. The van der Waals surface area contributed by atoms with E-state index < -0.39 is 5.91 Å². The number of primary amides is 1. The van der Waals surface area contributed by atoms with Crippen LogP contribution in [0.1, 0.15) is 23.2 Å². The zero-order valence-corrected chi connectivity index (χ0v) is 10.6. The fourth-order valence-corrected chi connectivity index (χ4v) is 2.40. The second-order valence-corrected chi connectivity index (χ2v) is 4.92. The third kappa shape index (κ3) is 2.92. The van der Waals surface area contributed by atoms with Gasteiger partial charge in [-0.25, -0.2) is 0 Å². The van der Waals surface area contributed by atoms with Crippen molar-refractivity contribution in [3.63, 3.8) is 0 Å². The Hall–Kier alpha value is -1.75. The Bertz CT molecular complexity index is 447. The molecule has 0 aromatic heterocycles. The number of hydrogen-bond donors (Lipinski definition) is 3. The lowest BCUT2D eigenvalue weighted by Gasteiger charge is -2.31. The number of nitrogens with one attached hydrogen (secondary N) is 1. The molecule has 0 radical (unpaired) electrons. The van der Waals surface area contributed by atoms with Gasteiger partial charge < -0.3 is 21.7 Å². The van der Waals surface area contributed by atoms with Gasteiger partial charge in [0.2, 0.25) is 0 Å². The van der Waals surface area contributed by atoms with Crippen LogP contribution in [0.5, 0.6) is 0 Å². The number of likely N-dealkylation sites (N-methyl/N-ethyl adjacent to an activating group) is 1. The lowest BCUT2D eigenvalue weighted by Crippen LogP contribution is -2.40. The van der Waals surface area contributed by atoms with Gasteiger partial charge in [0, 0.05) is 24.0 Å². The molecule has 1 unspecified atom stereocenters. The van der Waals surface area contributed by atoms with E-state index in [0.29, 0.717) is 17.3 Å². The number of rotatable bonds is 3. The average molecular weight is 248 g/mol. The predicted octanol–water partition coefficient (Wildman–Crippen LogP) is 0.874. The molecule has 1 aliphatic rings. The largest absolute Gasteiger partial charge is 0.399 e. The van der Waals surface area contributed by atoms with Gasteiger partial charge in [-0.05, 0) is 44.6 Å². The highest BCUT2D eigenvalue weighted by molar-refractivity contribution is 5.99. The molecule has 1 aromatic carbocycles. The second kappa shape index (κ2) is 5.27. The van der Waals surface area contributed by atoms with Gasteiger partial charge in [-0.15, -0.1) is 0 Å². The van der Waals surface area contributed by atoms with E-state index in [9.17, 15) is 4.79 Å². The van der Waals surface area contributed by atoms with Crippen LogP contribution in [0, 0.1) is 0 Å². The highest BCUT2D eigenvalue weighted by atomic mass is 16.1. The summed E-state index contributed by atoms with van der Waals surface area (Å²) in [5.41, 5.74) is 12.8. The van der Waals surface area contributed by atoms with E-state index in [2.05, 4.69) is 17.3 Å². The third-order valence-corrected chi connectivity index (χ3v) is 3.29. The SMILES string of the molecule is CN1CCCC(Nc2ccc(N)cc2C(N)=O)C1. The van der Waals surface area contributed by atoms with Crippen LogP contribution in [0.2, 0.25) is 0 Å². The van der Waals surface area contributed by atoms with E-state index in [1.54, 1.807) is 12.1 Å². The quantitative estimate of drug-likeness (QED) is 0.693. The number of carbonyl (C=O) groups excluding carboxylic acids is 1. The molecule has 5 heteroatoms. The first kappa shape index (κ1) is 12.7. The lowest BCUT2D eigenvalue weighted by molar-refractivity contribution is 0.100. The fraction of sp³-hybridized carbons (Fsp3) is 0.462. The second-order valence-electron chi connectivity index (χ2n) is 4.92. The zero-order chi connectivity index (χ0) is 13.1. The standard InChI is InChI=1S/C13H20N4O/c1-17-6-2-3-10(8-17)16-12-5-4-9(14)7-11(12)13(15)18/h4-5,7,10,16H,2-3,6,8,14H2,1H3,(H2,15,18). The Morgan fingerprint density at radius 3 is 2.94 bits per heavy atom. The van der Waals surface area contributed by atoms with Crippen molar-refractivity contribution in [1.29, 1.82) is 0 Å². The molecule has 0 spiro atoms. The van der Waals surface area contributed by atoms with Gasteiger partial charge in [-0.3, -0.25) is 4.79 Å². The van der Waals surface area contributed by atoms with Crippen molar-refractivity contribution < 1.29 is 4.79 Å². The molecule has 1 aliphatic heterocycles. The van der Waals surface area contributed by atoms with E-state index >= 15 is 0 Å². The average Bonchev–Trinajstić information content (AvgIpc) is 2.31. The number of likely N-dealkylation sites (tertiary alicyclic amines) is 1. The molecule has 5 N–H and O–H groups in total. The minimum Gasteiger partial charge on any atom is -0.399 e. The van der Waals surface area contributed by atoms with E-state index in [4.69, 9.17) is 11.5 Å². The van der Waals surface area contributed by atoms with Crippen molar-refractivity contribution in [2.75, 3.05) is 31.2 Å². The van der Waals surface area contributed by atoms with Crippen LogP contribution in [0.15, 0.2) is 18.2 Å². The number of anilines is 2. The summed E-state index contributed by atoms with van der Waals surface area (Å²) in [6.45, 7) is 2.10. The predicted molar refractivity (Wildman–Crippen MR) is 73.5 cm³/mol. The van der Waals surface area contributed by atoms with Crippen molar-refractivity contribution in [2.24, 2.45) is 5.73 Å². The summed E-state index contributed by atoms with van der Waals surface area (Å²) in [6.07, 6.45) is 2.27. The number of nitrogens with two attached hydrogens (primary N) is 2. The van der Waals surface area contributed by atoms with Crippen LogP contribution in [-0.2, 0) is 0 Å². The topological polar surface area (TPSA) is 84.4 Å². The van der Waals surface area contributed by atoms with Gasteiger partial charge in [-0.1, -0.05) is 0 Å². The van der Waals surface area contributed by atoms with Crippen molar-refractivity contribution in [3.8, 4) is 0 Å². The molecule has 1 fully saturated rings. The zero-order valence-electron chi connectivity index (χ0n) is 10.6. The molecule has 18 heavy (non-hydrogen) atoms. The number of carbonyl (C=O) groups is 1. The summed E-state index contributed by atoms with van der Waals surface area (Å²) < 4.78 is 0. The number of benzene rings is 1. The van der Waals surface area contributed by atoms with E-state index in [1.807, 2.05) is 6.07 Å². The van der Waals surface area contributed by atoms with Crippen molar-refractivity contribution >= 4 is 17.3 Å². The Morgan fingerprint density at radius 2 is 2.28 bits per heavy atom. The maximum atomic E-state index is 11.4. The Balaban J connectivity index is 2.15. The molecule has 1 heterocycles. The molecule has 98 valence electrons. The van der Waals surface area contributed by atoms with Gasteiger partial charge in [-0.2, -0.15) is 0 Å². The molecule has 0 saturated carbocycles. The number of hydrogen-bond acceptors (Lipinski definition) is 4.